The summed E-state index contributed by atoms with van der Waals surface area (Å²) in [7, 11) is 0. The number of furan rings is 1. The lowest BCUT2D eigenvalue weighted by atomic mass is 9.91. The standard InChI is InChI=1S/C45H27N3O/c1-3-12-28(13-4-1)43-46-44(29-14-5-2-6-15-29)48-45(47-43)31-23-25-38-41(27-31)49-40-21-11-20-32(42(38)40)30-22-24-37-35-18-8-7-16-33(35)34-17-9-10-19-36(34)39(37)26-30/h1-27H. The molecule has 0 spiro atoms. The Balaban J connectivity index is 1.15. The predicted molar refractivity (Wildman–Crippen MR) is 201 cm³/mol. The van der Waals surface area contributed by atoms with Gasteiger partial charge in [0.1, 0.15) is 11.2 Å². The third-order valence-corrected chi connectivity index (χ3v) is 9.51. The Morgan fingerprint density at radius 3 is 1.41 bits per heavy atom. The minimum atomic E-state index is 0.601. The van der Waals surface area contributed by atoms with Gasteiger partial charge in [0, 0.05) is 27.5 Å². The van der Waals surface area contributed by atoms with Crippen LogP contribution < -0.4 is 0 Å². The molecule has 0 saturated heterocycles. The molecule has 4 heteroatoms. The minimum absolute atomic E-state index is 0.601. The van der Waals surface area contributed by atoms with E-state index in [2.05, 4.69) is 97.1 Å². The smallest absolute Gasteiger partial charge is 0.164 e. The van der Waals surface area contributed by atoms with E-state index in [9.17, 15) is 0 Å². The van der Waals surface area contributed by atoms with Gasteiger partial charge in [-0.15, -0.1) is 0 Å². The summed E-state index contributed by atoms with van der Waals surface area (Å²) in [5.41, 5.74) is 6.68. The molecule has 0 N–H and O–H groups in total. The Bertz CT molecular complexity index is 2780. The highest BCUT2D eigenvalue weighted by atomic mass is 16.3. The number of hydrogen-bond donors (Lipinski definition) is 0. The van der Waals surface area contributed by atoms with E-state index in [0.717, 1.165) is 49.8 Å². The number of nitrogens with zero attached hydrogens (tertiary/aromatic N) is 3. The maximum atomic E-state index is 6.55. The summed E-state index contributed by atoms with van der Waals surface area (Å²) in [5.74, 6) is 1.87. The molecule has 49 heavy (non-hydrogen) atoms. The molecule has 0 bridgehead atoms. The molecule has 0 aliphatic carbocycles. The summed E-state index contributed by atoms with van der Waals surface area (Å²) < 4.78 is 6.55. The van der Waals surface area contributed by atoms with Gasteiger partial charge < -0.3 is 4.42 Å². The Hall–Kier alpha value is -6.65. The van der Waals surface area contributed by atoms with Crippen LogP contribution in [0.5, 0.6) is 0 Å². The largest absolute Gasteiger partial charge is 0.456 e. The van der Waals surface area contributed by atoms with Crippen molar-refractivity contribution < 1.29 is 4.42 Å². The summed E-state index contributed by atoms with van der Waals surface area (Å²) >= 11 is 0. The minimum Gasteiger partial charge on any atom is -0.456 e. The molecule has 2 heterocycles. The fourth-order valence-electron chi connectivity index (χ4n) is 7.22. The maximum absolute atomic E-state index is 6.55. The van der Waals surface area contributed by atoms with Crippen molar-refractivity contribution in [2.24, 2.45) is 0 Å². The molecule has 2 aromatic heterocycles. The van der Waals surface area contributed by atoms with Gasteiger partial charge in [-0.3, -0.25) is 0 Å². The zero-order valence-corrected chi connectivity index (χ0v) is 26.3. The van der Waals surface area contributed by atoms with Crippen LogP contribution in [-0.4, -0.2) is 15.0 Å². The summed E-state index contributed by atoms with van der Waals surface area (Å²) in [5, 5.41) is 9.73. The Morgan fingerprint density at radius 2 is 0.796 bits per heavy atom. The van der Waals surface area contributed by atoms with E-state index in [1.54, 1.807) is 0 Å². The predicted octanol–water partition coefficient (Wildman–Crippen LogP) is 11.9. The molecular formula is C45H27N3O. The van der Waals surface area contributed by atoms with Gasteiger partial charge in [0.25, 0.3) is 0 Å². The molecule has 0 fully saturated rings. The van der Waals surface area contributed by atoms with Gasteiger partial charge in [0.05, 0.1) is 0 Å². The monoisotopic (exact) mass is 625 g/mol. The van der Waals surface area contributed by atoms with Gasteiger partial charge in [-0.05, 0) is 67.7 Å². The van der Waals surface area contributed by atoms with Crippen molar-refractivity contribution in [3.05, 3.63) is 164 Å². The average Bonchev–Trinajstić information content (AvgIpc) is 3.57. The highest BCUT2D eigenvalue weighted by molar-refractivity contribution is 6.26. The van der Waals surface area contributed by atoms with Crippen molar-refractivity contribution in [2.75, 3.05) is 0 Å². The van der Waals surface area contributed by atoms with Gasteiger partial charge in [0.15, 0.2) is 17.5 Å². The lowest BCUT2D eigenvalue weighted by molar-refractivity contribution is 0.669. The first-order valence-electron chi connectivity index (χ1n) is 16.4. The second kappa shape index (κ2) is 11.0. The molecule has 4 nitrogen and oxygen atoms in total. The Labute approximate surface area is 282 Å². The molecule has 0 atom stereocenters. The molecule has 0 radical (unpaired) electrons. The van der Waals surface area contributed by atoms with Crippen LogP contribution in [0.2, 0.25) is 0 Å². The van der Waals surface area contributed by atoms with Crippen LogP contribution >= 0.6 is 0 Å². The third-order valence-electron chi connectivity index (χ3n) is 9.51. The molecular weight excluding hydrogens is 599 g/mol. The summed E-state index contributed by atoms with van der Waals surface area (Å²) in [4.78, 5) is 14.7. The van der Waals surface area contributed by atoms with E-state index in [0.29, 0.717) is 17.5 Å². The topological polar surface area (TPSA) is 51.8 Å². The number of rotatable bonds is 4. The quantitative estimate of drug-likeness (QED) is 0.183. The van der Waals surface area contributed by atoms with Crippen LogP contribution in [0.1, 0.15) is 0 Å². The van der Waals surface area contributed by atoms with Crippen molar-refractivity contribution in [1.29, 1.82) is 0 Å². The normalized spacial score (nSPS) is 11.7. The lowest BCUT2D eigenvalue weighted by Crippen LogP contribution is -2.00. The second-order valence-corrected chi connectivity index (χ2v) is 12.4. The number of benzene rings is 8. The van der Waals surface area contributed by atoms with E-state index in [4.69, 9.17) is 19.4 Å². The number of aromatic nitrogens is 3. The fourth-order valence-corrected chi connectivity index (χ4v) is 7.22. The summed E-state index contributed by atoms with van der Waals surface area (Å²) in [6.07, 6.45) is 0. The van der Waals surface area contributed by atoms with E-state index < -0.39 is 0 Å². The van der Waals surface area contributed by atoms with Crippen LogP contribution in [0.25, 0.3) is 99.5 Å². The maximum Gasteiger partial charge on any atom is 0.164 e. The number of fused-ring (bicyclic) bond motifs is 9. The lowest BCUT2D eigenvalue weighted by Gasteiger charge is -2.12. The molecule has 0 aliphatic rings. The summed E-state index contributed by atoms with van der Waals surface area (Å²) in [6, 6.07) is 56.9. The van der Waals surface area contributed by atoms with E-state index in [-0.39, 0.29) is 0 Å². The molecule has 0 aliphatic heterocycles. The van der Waals surface area contributed by atoms with Crippen LogP contribution in [0, 0.1) is 0 Å². The molecule has 228 valence electrons. The second-order valence-electron chi connectivity index (χ2n) is 12.4. The first-order valence-corrected chi connectivity index (χ1v) is 16.4. The summed E-state index contributed by atoms with van der Waals surface area (Å²) in [6.45, 7) is 0. The molecule has 0 saturated carbocycles. The van der Waals surface area contributed by atoms with Crippen molar-refractivity contribution in [2.45, 2.75) is 0 Å². The first-order chi connectivity index (χ1) is 24.3. The van der Waals surface area contributed by atoms with Crippen molar-refractivity contribution in [1.82, 2.24) is 15.0 Å². The SMILES string of the molecule is c1ccc(-c2nc(-c3ccccc3)nc(-c3ccc4c(c3)oc3cccc(-c5ccc6c7ccccc7c7ccccc7c6c5)c34)n2)cc1. The average molecular weight is 626 g/mol. The fraction of sp³-hybridized carbons (Fsp3) is 0. The first kappa shape index (κ1) is 27.5. The van der Waals surface area contributed by atoms with Crippen molar-refractivity contribution >= 4 is 54.3 Å². The molecule has 10 aromatic rings. The zero-order valence-electron chi connectivity index (χ0n) is 26.3. The molecule has 0 amide bonds. The van der Waals surface area contributed by atoms with Crippen LogP contribution in [-0.2, 0) is 0 Å². The van der Waals surface area contributed by atoms with Gasteiger partial charge in [0.2, 0.25) is 0 Å². The van der Waals surface area contributed by atoms with E-state index in [1.165, 1.54) is 32.3 Å². The van der Waals surface area contributed by atoms with Crippen LogP contribution in [0.4, 0.5) is 0 Å². The van der Waals surface area contributed by atoms with Crippen molar-refractivity contribution in [3.63, 3.8) is 0 Å². The van der Waals surface area contributed by atoms with E-state index >= 15 is 0 Å². The highest BCUT2D eigenvalue weighted by Crippen LogP contribution is 2.41. The van der Waals surface area contributed by atoms with Crippen molar-refractivity contribution in [3.8, 4) is 45.3 Å². The van der Waals surface area contributed by atoms with Crippen LogP contribution in [0.15, 0.2) is 168 Å². The highest BCUT2D eigenvalue weighted by Gasteiger charge is 2.17. The van der Waals surface area contributed by atoms with Gasteiger partial charge in [-0.25, -0.2) is 15.0 Å². The van der Waals surface area contributed by atoms with Gasteiger partial charge >= 0.3 is 0 Å². The van der Waals surface area contributed by atoms with E-state index in [1.807, 2.05) is 66.7 Å². The number of hydrogen-bond acceptors (Lipinski definition) is 4. The molecule has 0 unspecified atom stereocenters. The zero-order chi connectivity index (χ0) is 32.3. The van der Waals surface area contributed by atoms with Gasteiger partial charge in [-0.1, -0.05) is 140 Å². The van der Waals surface area contributed by atoms with Crippen LogP contribution in [0.3, 0.4) is 0 Å². The Morgan fingerprint density at radius 1 is 0.306 bits per heavy atom. The van der Waals surface area contributed by atoms with Gasteiger partial charge in [-0.2, -0.15) is 0 Å². The third kappa shape index (κ3) is 4.49. The molecule has 10 rings (SSSR count). The Kier molecular flexibility index (Phi) is 6.15. The molecule has 8 aromatic carbocycles.